The first-order valence-corrected chi connectivity index (χ1v) is 9.68. The number of amides is 2. The molecular weight excluding hydrogens is 395 g/mol. The fourth-order valence-corrected chi connectivity index (χ4v) is 3.54. The Balaban J connectivity index is 1.94. The second-order valence-corrected chi connectivity index (χ2v) is 7.46. The van der Waals surface area contributed by atoms with Gasteiger partial charge in [0.05, 0.1) is 16.9 Å². The quantitative estimate of drug-likeness (QED) is 0.778. The molecule has 6 nitrogen and oxygen atoms in total. The van der Waals surface area contributed by atoms with Crippen LogP contribution in [0.5, 0.6) is 0 Å². The van der Waals surface area contributed by atoms with Gasteiger partial charge in [0.2, 0.25) is 0 Å². The molecule has 0 aliphatic carbocycles. The van der Waals surface area contributed by atoms with Crippen LogP contribution in [0.1, 0.15) is 16.7 Å². The van der Waals surface area contributed by atoms with Gasteiger partial charge in [-0.3, -0.25) is 9.80 Å². The number of halogens is 3. The summed E-state index contributed by atoms with van der Waals surface area (Å²) in [5.41, 5.74) is 11.8. The van der Waals surface area contributed by atoms with Gasteiger partial charge in [-0.15, -0.1) is 0 Å². The zero-order valence-electron chi connectivity index (χ0n) is 16.8. The number of nitrogens with zero attached hydrogens (tertiary/aromatic N) is 3. The van der Waals surface area contributed by atoms with Crippen LogP contribution in [0.25, 0.3) is 0 Å². The lowest BCUT2D eigenvalue weighted by molar-refractivity contribution is -0.138. The highest BCUT2D eigenvalue weighted by atomic mass is 19.4. The summed E-state index contributed by atoms with van der Waals surface area (Å²) in [5.74, 6) is 0. The lowest BCUT2D eigenvalue weighted by atomic mass is 10.0. The Kier molecular flexibility index (Phi) is 6.64. The van der Waals surface area contributed by atoms with E-state index in [-0.39, 0.29) is 17.8 Å². The topological polar surface area (TPSA) is 78.8 Å². The number of likely N-dealkylation sites (N-methyl/N-ethyl adjacent to an activating group) is 1. The number of urea groups is 1. The van der Waals surface area contributed by atoms with Crippen molar-refractivity contribution in [2.75, 3.05) is 38.1 Å². The smallest absolute Gasteiger partial charge is 0.351 e. The van der Waals surface area contributed by atoms with Crippen molar-refractivity contribution in [2.45, 2.75) is 19.3 Å². The first kappa shape index (κ1) is 22.1. The number of primary amides is 1. The SMILES string of the molecule is CN1CCN(Cc2ccc(N(C(N)=O)c3ccc(CN)cc3)cc2C(F)(F)F)CC1. The van der Waals surface area contributed by atoms with Gasteiger partial charge in [-0.1, -0.05) is 18.2 Å². The molecule has 1 aliphatic rings. The molecule has 2 aromatic carbocycles. The molecule has 1 fully saturated rings. The van der Waals surface area contributed by atoms with Crippen LogP contribution in [0.4, 0.5) is 29.3 Å². The number of rotatable bonds is 5. The number of carbonyl (C=O) groups excluding carboxylic acids is 1. The molecule has 2 aromatic rings. The van der Waals surface area contributed by atoms with Crippen LogP contribution in [0.3, 0.4) is 0 Å². The van der Waals surface area contributed by atoms with E-state index in [9.17, 15) is 18.0 Å². The van der Waals surface area contributed by atoms with Crippen molar-refractivity contribution < 1.29 is 18.0 Å². The third kappa shape index (κ3) is 5.10. The molecule has 0 unspecified atom stereocenters. The number of carbonyl (C=O) groups is 1. The molecule has 0 bridgehead atoms. The van der Waals surface area contributed by atoms with Crippen LogP contribution in [0, 0.1) is 0 Å². The molecule has 0 spiro atoms. The highest BCUT2D eigenvalue weighted by Gasteiger charge is 2.35. The van der Waals surface area contributed by atoms with E-state index in [1.54, 1.807) is 24.3 Å². The fraction of sp³-hybridized carbons (Fsp3) is 0.381. The van der Waals surface area contributed by atoms with E-state index in [1.165, 1.54) is 12.1 Å². The Morgan fingerprint density at radius 2 is 1.63 bits per heavy atom. The van der Waals surface area contributed by atoms with Gasteiger partial charge in [0.15, 0.2) is 0 Å². The Morgan fingerprint density at radius 3 is 2.17 bits per heavy atom. The van der Waals surface area contributed by atoms with Crippen molar-refractivity contribution in [3.8, 4) is 0 Å². The minimum Gasteiger partial charge on any atom is -0.351 e. The number of nitrogens with two attached hydrogens (primary N) is 2. The summed E-state index contributed by atoms with van der Waals surface area (Å²) in [5, 5.41) is 0. The van der Waals surface area contributed by atoms with E-state index >= 15 is 0 Å². The zero-order chi connectivity index (χ0) is 21.9. The van der Waals surface area contributed by atoms with Crippen LogP contribution in [0.2, 0.25) is 0 Å². The Labute approximate surface area is 173 Å². The summed E-state index contributed by atoms with van der Waals surface area (Å²) >= 11 is 0. The zero-order valence-corrected chi connectivity index (χ0v) is 16.8. The summed E-state index contributed by atoms with van der Waals surface area (Å²) < 4.78 is 41.5. The van der Waals surface area contributed by atoms with E-state index in [2.05, 4.69) is 4.90 Å². The second kappa shape index (κ2) is 9.03. The van der Waals surface area contributed by atoms with Crippen molar-refractivity contribution in [1.29, 1.82) is 0 Å². The van der Waals surface area contributed by atoms with Gasteiger partial charge in [-0.25, -0.2) is 4.79 Å². The molecule has 3 rings (SSSR count). The maximum atomic E-state index is 13.8. The molecule has 1 heterocycles. The molecule has 0 saturated carbocycles. The number of anilines is 2. The van der Waals surface area contributed by atoms with Gasteiger partial charge in [-0.2, -0.15) is 13.2 Å². The average Bonchev–Trinajstić information content (AvgIpc) is 2.70. The number of hydrogen-bond donors (Lipinski definition) is 2. The van der Waals surface area contributed by atoms with Crippen molar-refractivity contribution in [1.82, 2.24) is 9.80 Å². The lowest BCUT2D eigenvalue weighted by Crippen LogP contribution is -2.44. The highest BCUT2D eigenvalue weighted by molar-refractivity contribution is 5.98. The first-order chi connectivity index (χ1) is 14.2. The van der Waals surface area contributed by atoms with Crippen molar-refractivity contribution in [3.63, 3.8) is 0 Å². The molecular formula is C21H26F3N5O. The molecule has 30 heavy (non-hydrogen) atoms. The van der Waals surface area contributed by atoms with Gasteiger partial charge in [0.1, 0.15) is 0 Å². The molecule has 2 amide bonds. The van der Waals surface area contributed by atoms with Crippen LogP contribution >= 0.6 is 0 Å². The molecule has 0 radical (unpaired) electrons. The van der Waals surface area contributed by atoms with Crippen LogP contribution < -0.4 is 16.4 Å². The minimum atomic E-state index is -4.55. The molecule has 0 aromatic heterocycles. The van der Waals surface area contributed by atoms with E-state index in [1.807, 2.05) is 11.9 Å². The highest BCUT2D eigenvalue weighted by Crippen LogP contribution is 2.37. The Hall–Kier alpha value is -2.62. The fourth-order valence-electron chi connectivity index (χ4n) is 3.54. The predicted octanol–water partition coefficient (Wildman–Crippen LogP) is 3.13. The Bertz CT molecular complexity index is 877. The van der Waals surface area contributed by atoms with Gasteiger partial charge in [-0.05, 0) is 42.4 Å². The monoisotopic (exact) mass is 421 g/mol. The third-order valence-corrected chi connectivity index (χ3v) is 5.30. The van der Waals surface area contributed by atoms with Crippen molar-refractivity contribution in [3.05, 3.63) is 59.2 Å². The molecule has 4 N–H and O–H groups in total. The van der Waals surface area contributed by atoms with Crippen molar-refractivity contribution >= 4 is 17.4 Å². The molecule has 0 atom stereocenters. The summed E-state index contributed by atoms with van der Waals surface area (Å²) in [6.45, 7) is 3.55. The predicted molar refractivity (Wildman–Crippen MR) is 110 cm³/mol. The van der Waals surface area contributed by atoms with E-state index < -0.39 is 17.8 Å². The minimum absolute atomic E-state index is 0.0671. The summed E-state index contributed by atoms with van der Waals surface area (Å²) in [7, 11) is 1.99. The van der Waals surface area contributed by atoms with Crippen LogP contribution in [-0.2, 0) is 19.3 Å². The molecule has 9 heteroatoms. The molecule has 1 aliphatic heterocycles. The summed E-state index contributed by atoms with van der Waals surface area (Å²) in [4.78, 5) is 17.3. The molecule has 1 saturated heterocycles. The maximum Gasteiger partial charge on any atom is 0.416 e. The second-order valence-electron chi connectivity index (χ2n) is 7.46. The number of piperazine rings is 1. The van der Waals surface area contributed by atoms with E-state index in [0.29, 0.717) is 25.3 Å². The van der Waals surface area contributed by atoms with Crippen molar-refractivity contribution in [2.24, 2.45) is 11.5 Å². The largest absolute Gasteiger partial charge is 0.416 e. The molecule has 162 valence electrons. The first-order valence-electron chi connectivity index (χ1n) is 9.68. The van der Waals surface area contributed by atoms with Gasteiger partial charge < -0.3 is 16.4 Å². The number of alkyl halides is 3. The van der Waals surface area contributed by atoms with Crippen LogP contribution in [0.15, 0.2) is 42.5 Å². The number of hydrogen-bond acceptors (Lipinski definition) is 4. The van der Waals surface area contributed by atoms with Gasteiger partial charge in [0, 0.05) is 39.3 Å². The van der Waals surface area contributed by atoms with E-state index in [0.717, 1.165) is 29.6 Å². The van der Waals surface area contributed by atoms with Gasteiger partial charge >= 0.3 is 12.2 Å². The van der Waals surface area contributed by atoms with Gasteiger partial charge in [0.25, 0.3) is 0 Å². The summed E-state index contributed by atoms with van der Waals surface area (Å²) in [6, 6.07) is 9.69. The maximum absolute atomic E-state index is 13.8. The summed E-state index contributed by atoms with van der Waals surface area (Å²) in [6.07, 6.45) is -4.55. The van der Waals surface area contributed by atoms with E-state index in [4.69, 9.17) is 11.5 Å². The normalized spacial score (nSPS) is 15.9. The average molecular weight is 421 g/mol. The third-order valence-electron chi connectivity index (χ3n) is 5.30. The lowest BCUT2D eigenvalue weighted by Gasteiger charge is -2.33. The van der Waals surface area contributed by atoms with Crippen LogP contribution in [-0.4, -0.2) is 49.1 Å². The Morgan fingerprint density at radius 1 is 1.03 bits per heavy atom. The number of benzene rings is 2. The standard InChI is InChI=1S/C21H26F3N5O/c1-27-8-10-28(11-9-27)14-16-4-7-18(12-19(16)21(22,23)24)29(20(26)30)17-5-2-15(13-25)3-6-17/h2-7,12H,8-11,13-14,25H2,1H3,(H2,26,30).